The van der Waals surface area contributed by atoms with Crippen molar-refractivity contribution in [3.05, 3.63) is 74.2 Å². The van der Waals surface area contributed by atoms with Crippen molar-refractivity contribution in [1.82, 2.24) is 0 Å². The van der Waals surface area contributed by atoms with Gasteiger partial charge in [0.2, 0.25) is 0 Å². The standard InChI is InChI=1S/C18H9BrClF7O2/c19-10-3-9(4-11(20)6-10)13(17(22,23)24)7-15(21)8-1-2-12(16(28)29)14(5-8)18(25,26)27/h1-7,13H,(H,28,29). The summed E-state index contributed by atoms with van der Waals surface area (Å²) in [6.45, 7) is 0. The summed E-state index contributed by atoms with van der Waals surface area (Å²) in [4.78, 5) is 10.9. The Morgan fingerprint density at radius 3 is 2.17 bits per heavy atom. The molecular weight excluding hydrogens is 497 g/mol. The minimum atomic E-state index is -5.15. The van der Waals surface area contributed by atoms with Crippen molar-refractivity contribution in [3.8, 4) is 0 Å². The fraction of sp³-hybridized carbons (Fsp3) is 0.167. The molecule has 0 fully saturated rings. The molecule has 0 aliphatic rings. The Hall–Kier alpha value is -2.07. The van der Waals surface area contributed by atoms with Crippen LogP contribution >= 0.6 is 27.5 Å². The van der Waals surface area contributed by atoms with Crippen molar-refractivity contribution >= 4 is 39.3 Å². The molecule has 11 heteroatoms. The Bertz CT molecular complexity index is 947. The highest BCUT2D eigenvalue weighted by Gasteiger charge is 2.40. The molecule has 156 valence electrons. The molecule has 2 nitrogen and oxygen atoms in total. The summed E-state index contributed by atoms with van der Waals surface area (Å²) in [5.74, 6) is -6.03. The fourth-order valence-corrected chi connectivity index (χ4v) is 3.38. The molecule has 0 saturated carbocycles. The molecular formula is C18H9BrClF7O2. The molecule has 0 aliphatic heterocycles. The summed E-state index contributed by atoms with van der Waals surface area (Å²) in [5.41, 5.74) is -4.12. The van der Waals surface area contributed by atoms with E-state index in [-0.39, 0.29) is 21.6 Å². The lowest BCUT2D eigenvalue weighted by molar-refractivity contribution is -0.140. The number of rotatable bonds is 4. The number of carboxylic acid groups (broad SMARTS) is 1. The third-order valence-electron chi connectivity index (χ3n) is 3.74. The summed E-state index contributed by atoms with van der Waals surface area (Å²) in [5, 5.41) is 8.77. The number of carbonyl (C=O) groups is 1. The zero-order valence-electron chi connectivity index (χ0n) is 13.9. The molecule has 0 bridgehead atoms. The number of aromatic carboxylic acids is 1. The molecule has 1 N–H and O–H groups in total. The topological polar surface area (TPSA) is 37.3 Å². The van der Waals surface area contributed by atoms with Gasteiger partial charge in [0, 0.05) is 15.1 Å². The van der Waals surface area contributed by atoms with Gasteiger partial charge in [0.15, 0.2) is 0 Å². The van der Waals surface area contributed by atoms with Gasteiger partial charge >= 0.3 is 18.3 Å². The molecule has 0 aromatic heterocycles. The first-order chi connectivity index (χ1) is 13.2. The van der Waals surface area contributed by atoms with Crippen LogP contribution in [0, 0.1) is 0 Å². The average Bonchev–Trinajstić information content (AvgIpc) is 2.56. The van der Waals surface area contributed by atoms with Crippen molar-refractivity contribution in [2.45, 2.75) is 18.3 Å². The van der Waals surface area contributed by atoms with Crippen LogP contribution in [0.3, 0.4) is 0 Å². The number of allylic oxidation sites excluding steroid dienone is 1. The average molecular weight is 506 g/mol. The molecule has 2 rings (SSSR count). The summed E-state index contributed by atoms with van der Waals surface area (Å²) < 4.78 is 94.2. The number of carboxylic acids is 1. The summed E-state index contributed by atoms with van der Waals surface area (Å²) in [6.07, 6.45) is -10.0. The van der Waals surface area contributed by atoms with E-state index in [0.717, 1.165) is 12.1 Å². The Morgan fingerprint density at radius 1 is 1.07 bits per heavy atom. The Labute approximate surface area is 172 Å². The van der Waals surface area contributed by atoms with Gasteiger partial charge in [0.05, 0.1) is 11.1 Å². The van der Waals surface area contributed by atoms with Crippen molar-refractivity contribution in [1.29, 1.82) is 0 Å². The van der Waals surface area contributed by atoms with Gasteiger partial charge in [-0.25, -0.2) is 9.18 Å². The first-order valence-corrected chi connectivity index (χ1v) is 8.72. The fourth-order valence-electron chi connectivity index (χ4n) is 2.49. The van der Waals surface area contributed by atoms with Crippen LogP contribution < -0.4 is 0 Å². The largest absolute Gasteiger partial charge is 0.478 e. The number of hydrogen-bond donors (Lipinski definition) is 1. The summed E-state index contributed by atoms with van der Waals surface area (Å²) >= 11 is 8.69. The predicted molar refractivity (Wildman–Crippen MR) is 95.4 cm³/mol. The lowest BCUT2D eigenvalue weighted by Gasteiger charge is -2.19. The van der Waals surface area contributed by atoms with Crippen molar-refractivity contribution in [2.75, 3.05) is 0 Å². The second kappa shape index (κ2) is 8.35. The zero-order valence-corrected chi connectivity index (χ0v) is 16.2. The summed E-state index contributed by atoms with van der Waals surface area (Å²) in [6, 6.07) is 4.58. The van der Waals surface area contributed by atoms with E-state index in [1.54, 1.807) is 0 Å². The highest BCUT2D eigenvalue weighted by Crippen LogP contribution is 2.41. The molecule has 0 heterocycles. The van der Waals surface area contributed by atoms with E-state index in [1.165, 1.54) is 6.07 Å². The van der Waals surface area contributed by atoms with Crippen LogP contribution in [-0.2, 0) is 6.18 Å². The van der Waals surface area contributed by atoms with Crippen molar-refractivity contribution < 1.29 is 40.6 Å². The van der Waals surface area contributed by atoms with Crippen LogP contribution in [0.4, 0.5) is 30.7 Å². The number of halogens is 9. The van der Waals surface area contributed by atoms with Crippen LogP contribution in [0.5, 0.6) is 0 Å². The van der Waals surface area contributed by atoms with E-state index in [9.17, 15) is 35.5 Å². The number of benzene rings is 2. The minimum absolute atomic E-state index is 0.0670. The van der Waals surface area contributed by atoms with Crippen LogP contribution in [0.25, 0.3) is 5.83 Å². The number of hydrogen-bond acceptors (Lipinski definition) is 1. The molecule has 0 saturated heterocycles. The van der Waals surface area contributed by atoms with Gasteiger partial charge < -0.3 is 5.11 Å². The lowest BCUT2D eigenvalue weighted by atomic mass is 9.95. The molecule has 0 radical (unpaired) electrons. The molecule has 2 aromatic rings. The monoisotopic (exact) mass is 504 g/mol. The first kappa shape index (κ1) is 23.2. The smallest absolute Gasteiger partial charge is 0.417 e. The van der Waals surface area contributed by atoms with Crippen molar-refractivity contribution in [3.63, 3.8) is 0 Å². The minimum Gasteiger partial charge on any atom is -0.478 e. The first-order valence-electron chi connectivity index (χ1n) is 7.55. The molecule has 0 amide bonds. The van der Waals surface area contributed by atoms with Gasteiger partial charge in [-0.3, -0.25) is 0 Å². The van der Waals surface area contributed by atoms with Gasteiger partial charge in [0.25, 0.3) is 0 Å². The van der Waals surface area contributed by atoms with Crippen LogP contribution in [0.1, 0.15) is 33.0 Å². The SMILES string of the molecule is O=C(O)c1ccc(C(F)=CC(c2cc(Cl)cc(Br)c2)C(F)(F)F)cc1C(F)(F)F. The van der Waals surface area contributed by atoms with E-state index in [1.807, 2.05) is 0 Å². The van der Waals surface area contributed by atoms with E-state index < -0.39 is 52.3 Å². The van der Waals surface area contributed by atoms with Crippen LogP contribution in [0.2, 0.25) is 5.02 Å². The zero-order chi connectivity index (χ0) is 22.1. The van der Waals surface area contributed by atoms with Crippen molar-refractivity contribution in [2.24, 2.45) is 0 Å². The third-order valence-corrected chi connectivity index (χ3v) is 4.42. The molecule has 0 aliphatic carbocycles. The highest BCUT2D eigenvalue weighted by molar-refractivity contribution is 9.10. The van der Waals surface area contributed by atoms with Crippen LogP contribution in [-0.4, -0.2) is 17.3 Å². The molecule has 0 spiro atoms. The maximum atomic E-state index is 14.5. The maximum Gasteiger partial charge on any atom is 0.417 e. The Balaban J connectivity index is 2.60. The van der Waals surface area contributed by atoms with Gasteiger partial charge in [-0.15, -0.1) is 0 Å². The van der Waals surface area contributed by atoms with E-state index >= 15 is 0 Å². The van der Waals surface area contributed by atoms with E-state index in [2.05, 4.69) is 15.9 Å². The molecule has 1 unspecified atom stereocenters. The summed E-state index contributed by atoms with van der Waals surface area (Å²) in [7, 11) is 0. The second-order valence-electron chi connectivity index (χ2n) is 5.80. The van der Waals surface area contributed by atoms with Crippen LogP contribution in [0.15, 0.2) is 46.9 Å². The van der Waals surface area contributed by atoms with E-state index in [4.69, 9.17) is 16.7 Å². The third kappa shape index (κ3) is 5.72. The quantitative estimate of drug-likeness (QED) is 0.438. The molecule has 1 atom stereocenters. The molecule has 29 heavy (non-hydrogen) atoms. The molecule has 2 aromatic carbocycles. The van der Waals surface area contributed by atoms with Gasteiger partial charge in [-0.1, -0.05) is 33.6 Å². The Kier molecular flexibility index (Phi) is 6.68. The second-order valence-corrected chi connectivity index (χ2v) is 7.15. The normalized spacial score (nSPS) is 14.0. The maximum absolute atomic E-state index is 14.5. The Morgan fingerprint density at radius 2 is 1.69 bits per heavy atom. The lowest BCUT2D eigenvalue weighted by Crippen LogP contribution is -2.19. The van der Waals surface area contributed by atoms with Gasteiger partial charge in [-0.2, -0.15) is 26.3 Å². The number of alkyl halides is 6. The van der Waals surface area contributed by atoms with E-state index in [0.29, 0.717) is 12.1 Å². The van der Waals surface area contributed by atoms with Gasteiger partial charge in [0.1, 0.15) is 11.7 Å². The highest BCUT2D eigenvalue weighted by atomic mass is 79.9. The predicted octanol–water partition coefficient (Wildman–Crippen LogP) is 7.48. The van der Waals surface area contributed by atoms with Gasteiger partial charge in [-0.05, 0) is 42.0 Å².